The smallest absolute Gasteiger partial charge is 0.337 e. The number of hydrogen-bond donors (Lipinski definition) is 0. The van der Waals surface area contributed by atoms with Gasteiger partial charge in [0.15, 0.2) is 11.6 Å². The van der Waals surface area contributed by atoms with Gasteiger partial charge in [-0.3, -0.25) is 0 Å². The number of carbonyl (C=O) groups is 1. The molecule has 0 atom stereocenters. The number of carbonyl (C=O) groups excluding carboxylic acids is 1. The standard InChI is InChI=1S/C13H9ClFNO3/c1-18-13(17)8-2-3-10(15)11(6-8)19-9-4-5-16-12(14)7-9/h2-7H,1H3. The lowest BCUT2D eigenvalue weighted by Crippen LogP contribution is -2.02. The van der Waals surface area contributed by atoms with Crippen LogP contribution in [0.2, 0.25) is 5.15 Å². The first-order valence-electron chi connectivity index (χ1n) is 5.27. The van der Waals surface area contributed by atoms with E-state index in [1.54, 1.807) is 0 Å². The molecule has 2 aromatic rings. The molecule has 0 unspecified atom stereocenters. The Hall–Kier alpha value is -2.14. The zero-order valence-corrected chi connectivity index (χ0v) is 10.6. The molecule has 0 aliphatic carbocycles. The molecule has 0 aliphatic rings. The van der Waals surface area contributed by atoms with E-state index in [1.165, 1.54) is 37.6 Å². The Morgan fingerprint density at radius 2 is 2.11 bits per heavy atom. The van der Waals surface area contributed by atoms with Crippen LogP contribution in [0.1, 0.15) is 10.4 Å². The van der Waals surface area contributed by atoms with Crippen LogP contribution >= 0.6 is 11.6 Å². The van der Waals surface area contributed by atoms with Crippen LogP contribution in [0.25, 0.3) is 0 Å². The summed E-state index contributed by atoms with van der Waals surface area (Å²) in [7, 11) is 1.24. The third-order valence-electron chi connectivity index (χ3n) is 2.28. The van der Waals surface area contributed by atoms with E-state index < -0.39 is 11.8 Å². The van der Waals surface area contributed by atoms with Gasteiger partial charge in [-0.25, -0.2) is 14.2 Å². The van der Waals surface area contributed by atoms with Gasteiger partial charge >= 0.3 is 5.97 Å². The normalized spacial score (nSPS) is 10.1. The van der Waals surface area contributed by atoms with Gasteiger partial charge in [-0.05, 0) is 24.3 Å². The van der Waals surface area contributed by atoms with Gasteiger partial charge in [-0.15, -0.1) is 0 Å². The fraction of sp³-hybridized carbons (Fsp3) is 0.0769. The van der Waals surface area contributed by atoms with Crippen molar-refractivity contribution in [3.8, 4) is 11.5 Å². The third-order valence-corrected chi connectivity index (χ3v) is 2.48. The second kappa shape index (κ2) is 5.67. The summed E-state index contributed by atoms with van der Waals surface area (Å²) in [4.78, 5) is 15.1. The van der Waals surface area contributed by atoms with Crippen LogP contribution in [0.3, 0.4) is 0 Å². The molecular formula is C13H9ClFNO3. The number of hydrogen-bond acceptors (Lipinski definition) is 4. The predicted molar refractivity (Wildman–Crippen MR) is 67.1 cm³/mol. The van der Waals surface area contributed by atoms with Crippen LogP contribution in [0.4, 0.5) is 4.39 Å². The Bertz CT molecular complexity index is 619. The third kappa shape index (κ3) is 3.20. The van der Waals surface area contributed by atoms with Crippen LogP contribution in [-0.2, 0) is 4.74 Å². The summed E-state index contributed by atoms with van der Waals surface area (Å²) in [6, 6.07) is 6.66. The number of benzene rings is 1. The van der Waals surface area contributed by atoms with Crippen molar-refractivity contribution in [3.63, 3.8) is 0 Å². The number of aromatic nitrogens is 1. The first-order chi connectivity index (χ1) is 9.10. The van der Waals surface area contributed by atoms with Gasteiger partial charge in [0.05, 0.1) is 12.7 Å². The van der Waals surface area contributed by atoms with Crippen molar-refractivity contribution in [2.24, 2.45) is 0 Å². The first-order valence-corrected chi connectivity index (χ1v) is 5.65. The molecule has 0 radical (unpaired) electrons. The molecule has 0 aliphatic heterocycles. The average molecular weight is 282 g/mol. The SMILES string of the molecule is COC(=O)c1ccc(F)c(Oc2ccnc(Cl)c2)c1. The van der Waals surface area contributed by atoms with Crippen LogP contribution < -0.4 is 4.74 Å². The van der Waals surface area contributed by atoms with E-state index in [-0.39, 0.29) is 16.5 Å². The van der Waals surface area contributed by atoms with Crippen molar-refractivity contribution >= 4 is 17.6 Å². The van der Waals surface area contributed by atoms with Crippen molar-refractivity contribution < 1.29 is 18.7 Å². The Morgan fingerprint density at radius 1 is 1.32 bits per heavy atom. The maximum atomic E-state index is 13.6. The van der Waals surface area contributed by atoms with Crippen molar-refractivity contribution in [2.45, 2.75) is 0 Å². The van der Waals surface area contributed by atoms with Gasteiger partial charge in [0, 0.05) is 12.3 Å². The molecule has 0 saturated carbocycles. The summed E-state index contributed by atoms with van der Waals surface area (Å²) in [6.07, 6.45) is 1.43. The van der Waals surface area contributed by atoms with Crippen molar-refractivity contribution in [1.29, 1.82) is 0 Å². The fourth-order valence-electron chi connectivity index (χ4n) is 1.40. The van der Waals surface area contributed by atoms with Gasteiger partial charge in [0.25, 0.3) is 0 Å². The highest BCUT2D eigenvalue weighted by Crippen LogP contribution is 2.26. The lowest BCUT2D eigenvalue weighted by molar-refractivity contribution is 0.0600. The van der Waals surface area contributed by atoms with E-state index in [4.69, 9.17) is 16.3 Å². The summed E-state index contributed by atoms with van der Waals surface area (Å²) in [6.45, 7) is 0. The van der Waals surface area contributed by atoms with E-state index in [2.05, 4.69) is 9.72 Å². The molecule has 1 heterocycles. The van der Waals surface area contributed by atoms with Gasteiger partial charge in [-0.2, -0.15) is 0 Å². The highest BCUT2D eigenvalue weighted by atomic mass is 35.5. The molecule has 6 heteroatoms. The highest BCUT2D eigenvalue weighted by Gasteiger charge is 2.11. The quantitative estimate of drug-likeness (QED) is 0.638. The van der Waals surface area contributed by atoms with E-state index in [0.29, 0.717) is 5.75 Å². The molecule has 4 nitrogen and oxygen atoms in total. The van der Waals surface area contributed by atoms with Gasteiger partial charge < -0.3 is 9.47 Å². The monoisotopic (exact) mass is 281 g/mol. The van der Waals surface area contributed by atoms with E-state index in [1.807, 2.05) is 0 Å². The van der Waals surface area contributed by atoms with E-state index in [9.17, 15) is 9.18 Å². The molecule has 1 aromatic carbocycles. The van der Waals surface area contributed by atoms with Crippen molar-refractivity contribution in [3.05, 3.63) is 53.1 Å². The van der Waals surface area contributed by atoms with Crippen LogP contribution in [-0.4, -0.2) is 18.1 Å². The second-order valence-electron chi connectivity index (χ2n) is 3.55. The minimum atomic E-state index is -0.597. The molecule has 0 bridgehead atoms. The molecule has 2 rings (SSSR count). The second-order valence-corrected chi connectivity index (χ2v) is 3.94. The summed E-state index contributed by atoms with van der Waals surface area (Å²) in [5.41, 5.74) is 0.194. The van der Waals surface area contributed by atoms with Gasteiger partial charge in [-0.1, -0.05) is 11.6 Å². The molecule has 0 N–H and O–H groups in total. The number of rotatable bonds is 3. The largest absolute Gasteiger partial charge is 0.465 e. The topological polar surface area (TPSA) is 48.4 Å². The molecule has 1 aromatic heterocycles. The number of esters is 1. The summed E-state index contributed by atoms with van der Waals surface area (Å²) in [5.74, 6) is -0.940. The molecule has 19 heavy (non-hydrogen) atoms. The first kappa shape index (κ1) is 13.3. The van der Waals surface area contributed by atoms with Gasteiger partial charge in [0.1, 0.15) is 10.9 Å². The maximum Gasteiger partial charge on any atom is 0.337 e. The van der Waals surface area contributed by atoms with Crippen LogP contribution in [0, 0.1) is 5.82 Å². The molecular weight excluding hydrogens is 273 g/mol. The zero-order chi connectivity index (χ0) is 13.8. The van der Waals surface area contributed by atoms with Crippen LogP contribution in [0.5, 0.6) is 11.5 Å². The number of halogens is 2. The molecule has 98 valence electrons. The lowest BCUT2D eigenvalue weighted by atomic mass is 10.2. The van der Waals surface area contributed by atoms with Crippen molar-refractivity contribution in [1.82, 2.24) is 4.98 Å². The highest BCUT2D eigenvalue weighted by molar-refractivity contribution is 6.29. The number of pyridine rings is 1. The fourth-order valence-corrected chi connectivity index (χ4v) is 1.57. The lowest BCUT2D eigenvalue weighted by Gasteiger charge is -2.08. The Labute approximate surface area is 113 Å². The number of nitrogens with zero attached hydrogens (tertiary/aromatic N) is 1. The molecule has 0 amide bonds. The molecule has 0 saturated heterocycles. The Morgan fingerprint density at radius 3 is 2.79 bits per heavy atom. The molecule has 0 spiro atoms. The maximum absolute atomic E-state index is 13.6. The number of ether oxygens (including phenoxy) is 2. The summed E-state index contributed by atoms with van der Waals surface area (Å²) < 4.78 is 23.5. The van der Waals surface area contributed by atoms with E-state index in [0.717, 1.165) is 6.07 Å². The predicted octanol–water partition coefficient (Wildman–Crippen LogP) is 3.45. The Balaban J connectivity index is 2.31. The number of methoxy groups -OCH3 is 1. The van der Waals surface area contributed by atoms with E-state index >= 15 is 0 Å². The Kier molecular flexibility index (Phi) is 3.97. The van der Waals surface area contributed by atoms with Crippen LogP contribution in [0.15, 0.2) is 36.5 Å². The minimum absolute atomic E-state index is 0.0924. The summed E-state index contributed by atoms with van der Waals surface area (Å²) in [5, 5.41) is 0.224. The zero-order valence-electron chi connectivity index (χ0n) is 9.89. The van der Waals surface area contributed by atoms with Gasteiger partial charge in [0.2, 0.25) is 0 Å². The van der Waals surface area contributed by atoms with Crippen molar-refractivity contribution in [2.75, 3.05) is 7.11 Å². The average Bonchev–Trinajstić information content (AvgIpc) is 2.40. The molecule has 0 fully saturated rings. The minimum Gasteiger partial charge on any atom is -0.465 e. The summed E-state index contributed by atoms with van der Waals surface area (Å²) >= 11 is 5.70.